The first-order valence-corrected chi connectivity index (χ1v) is 29.6. The van der Waals surface area contributed by atoms with E-state index in [1.54, 1.807) is 0 Å². The highest BCUT2D eigenvalue weighted by Gasteiger charge is 2.50. The lowest BCUT2D eigenvalue weighted by Crippen LogP contribution is -2.61. The highest BCUT2D eigenvalue weighted by molar-refractivity contribution is 5.74. The Hall–Kier alpha value is -3.32. The Kier molecular flexibility index (Phi) is 45.9. The van der Waals surface area contributed by atoms with Gasteiger partial charge in [-0.2, -0.15) is 0 Å². The molecule has 0 radical (unpaired) electrons. The van der Waals surface area contributed by atoms with Gasteiger partial charge in [0.15, 0.2) is 24.6 Å². The fourth-order valence-electron chi connectivity index (χ4n) is 8.73. The van der Waals surface area contributed by atoms with Gasteiger partial charge in [0, 0.05) is 19.3 Å². The van der Waals surface area contributed by atoms with Gasteiger partial charge >= 0.3 is 23.9 Å². The van der Waals surface area contributed by atoms with Gasteiger partial charge in [0.25, 0.3) is 0 Å². The van der Waals surface area contributed by atoms with E-state index in [2.05, 4.69) is 69.4 Å². The van der Waals surface area contributed by atoms with Crippen LogP contribution in [0.25, 0.3) is 0 Å². The number of ether oxygens (including phenoxy) is 5. The summed E-state index contributed by atoms with van der Waals surface area (Å²) in [6.07, 6.45) is 46.6. The van der Waals surface area contributed by atoms with Crippen molar-refractivity contribution in [3.8, 4) is 0 Å². The van der Waals surface area contributed by atoms with E-state index in [9.17, 15) is 34.5 Å². The van der Waals surface area contributed by atoms with Crippen LogP contribution in [0.1, 0.15) is 265 Å². The molecule has 0 aromatic rings. The van der Waals surface area contributed by atoms with Gasteiger partial charge in [-0.25, -0.2) is 4.79 Å². The number of hydrogen-bond acceptors (Lipinski definition) is 11. The fraction of sp³-hybridized carbons (Fsp3) is 0.803. The first-order valence-electron chi connectivity index (χ1n) is 29.6. The Morgan fingerprint density at radius 2 is 0.863 bits per heavy atom. The van der Waals surface area contributed by atoms with Crippen molar-refractivity contribution in [2.45, 2.75) is 302 Å². The molecule has 0 aromatic carbocycles. The van der Waals surface area contributed by atoms with Crippen LogP contribution in [0.5, 0.6) is 0 Å². The maximum Gasteiger partial charge on any atom is 0.335 e. The van der Waals surface area contributed by atoms with Crippen LogP contribution in [0.3, 0.4) is 0 Å². The zero-order chi connectivity index (χ0) is 53.3. The number of carbonyl (C=O) groups excluding carboxylic acids is 3. The average molecular weight is 1030 g/mol. The molecule has 1 saturated heterocycles. The Bertz CT molecular complexity index is 1460. The van der Waals surface area contributed by atoms with Crippen LogP contribution in [0.4, 0.5) is 0 Å². The van der Waals surface area contributed by atoms with E-state index < -0.39 is 67.3 Å². The molecule has 1 heterocycles. The standard InChI is InChI=1S/C61H106O12/c1-4-7-10-13-16-19-22-24-25-26-27-28-29-31-33-35-38-41-44-47-53(62)69-50-52(71-54(63)48-45-42-39-36-32-21-18-15-12-9-6-3)51-70-61-59(57(66)56(65)58(73-61)60(67)68)72-55(64)49-46-43-40-37-34-30-23-20-17-14-11-8-5-2/h11,14-15,18,20,23-25,52,56-59,61,65-66H,4-10,12-13,16-17,19,21-22,26-51H2,1-3H3,(H,67,68)/b14-11-,18-15-,23-20-,25-24-. The van der Waals surface area contributed by atoms with Crippen LogP contribution in [0, 0.1) is 0 Å². The van der Waals surface area contributed by atoms with Crippen molar-refractivity contribution in [2.75, 3.05) is 13.2 Å². The molecule has 0 bridgehead atoms. The number of aliphatic carboxylic acids is 1. The number of hydrogen-bond donors (Lipinski definition) is 3. The molecule has 1 aliphatic heterocycles. The first kappa shape index (κ1) is 67.7. The topological polar surface area (TPSA) is 175 Å². The lowest BCUT2D eigenvalue weighted by molar-refractivity contribution is -0.301. The van der Waals surface area contributed by atoms with Gasteiger partial charge in [0.1, 0.15) is 18.8 Å². The molecule has 12 heteroatoms. The summed E-state index contributed by atoms with van der Waals surface area (Å²) in [6, 6.07) is 0. The summed E-state index contributed by atoms with van der Waals surface area (Å²) in [5, 5.41) is 31.4. The molecule has 73 heavy (non-hydrogen) atoms. The molecule has 1 aliphatic rings. The zero-order valence-corrected chi connectivity index (χ0v) is 46.4. The number of aliphatic hydroxyl groups is 2. The van der Waals surface area contributed by atoms with Crippen LogP contribution in [-0.2, 0) is 42.9 Å². The smallest absolute Gasteiger partial charge is 0.335 e. The Morgan fingerprint density at radius 3 is 1.34 bits per heavy atom. The third-order valence-corrected chi connectivity index (χ3v) is 13.3. The second-order valence-corrected chi connectivity index (χ2v) is 20.3. The molecule has 0 spiro atoms. The molecular formula is C61H106O12. The summed E-state index contributed by atoms with van der Waals surface area (Å²) in [6.45, 7) is 5.87. The van der Waals surface area contributed by atoms with E-state index in [1.807, 2.05) is 0 Å². The third-order valence-electron chi connectivity index (χ3n) is 13.3. The second-order valence-electron chi connectivity index (χ2n) is 20.3. The monoisotopic (exact) mass is 1030 g/mol. The highest BCUT2D eigenvalue weighted by atomic mass is 16.7. The number of unbranched alkanes of at least 4 members (excludes halogenated alkanes) is 28. The minimum absolute atomic E-state index is 0.0440. The van der Waals surface area contributed by atoms with Crippen molar-refractivity contribution in [1.29, 1.82) is 0 Å². The van der Waals surface area contributed by atoms with E-state index in [-0.39, 0.29) is 25.9 Å². The van der Waals surface area contributed by atoms with Gasteiger partial charge in [-0.3, -0.25) is 14.4 Å². The molecule has 1 rings (SSSR count). The summed E-state index contributed by atoms with van der Waals surface area (Å²) in [5.74, 6) is -3.14. The third kappa shape index (κ3) is 39.7. The molecule has 3 N–H and O–H groups in total. The van der Waals surface area contributed by atoms with Crippen molar-refractivity contribution in [3.05, 3.63) is 48.6 Å². The van der Waals surface area contributed by atoms with Gasteiger partial charge in [0.05, 0.1) is 6.61 Å². The maximum atomic E-state index is 13.1. The lowest BCUT2D eigenvalue weighted by Gasteiger charge is -2.40. The van der Waals surface area contributed by atoms with Crippen molar-refractivity contribution in [3.63, 3.8) is 0 Å². The Balaban J connectivity index is 2.65. The predicted molar refractivity (Wildman–Crippen MR) is 294 cm³/mol. The molecule has 0 aromatic heterocycles. The van der Waals surface area contributed by atoms with E-state index in [1.165, 1.54) is 96.3 Å². The Labute approximate surface area is 443 Å². The molecule has 0 aliphatic carbocycles. The van der Waals surface area contributed by atoms with E-state index in [0.29, 0.717) is 19.3 Å². The van der Waals surface area contributed by atoms with Crippen molar-refractivity contribution in [2.24, 2.45) is 0 Å². The number of esters is 3. The summed E-state index contributed by atoms with van der Waals surface area (Å²) in [5.41, 5.74) is 0. The summed E-state index contributed by atoms with van der Waals surface area (Å²) in [7, 11) is 0. The van der Waals surface area contributed by atoms with Gasteiger partial charge in [0.2, 0.25) is 0 Å². The van der Waals surface area contributed by atoms with E-state index in [4.69, 9.17) is 23.7 Å². The van der Waals surface area contributed by atoms with Gasteiger partial charge in [-0.1, -0.05) is 204 Å². The first-order chi connectivity index (χ1) is 35.6. The molecule has 422 valence electrons. The Morgan fingerprint density at radius 1 is 0.452 bits per heavy atom. The van der Waals surface area contributed by atoms with Gasteiger partial charge in [-0.05, 0) is 89.9 Å². The number of carboxylic acids is 1. The molecule has 6 atom stereocenters. The molecule has 0 saturated carbocycles. The molecule has 1 fully saturated rings. The van der Waals surface area contributed by atoms with Crippen LogP contribution < -0.4 is 0 Å². The van der Waals surface area contributed by atoms with Gasteiger partial charge < -0.3 is 39.0 Å². The maximum absolute atomic E-state index is 13.1. The van der Waals surface area contributed by atoms with Gasteiger partial charge in [-0.15, -0.1) is 0 Å². The zero-order valence-electron chi connectivity index (χ0n) is 46.4. The average Bonchev–Trinajstić information content (AvgIpc) is 3.37. The number of carboxylic acid groups (broad SMARTS) is 1. The van der Waals surface area contributed by atoms with Crippen LogP contribution in [0.15, 0.2) is 48.6 Å². The number of aliphatic hydroxyl groups excluding tert-OH is 2. The largest absolute Gasteiger partial charge is 0.479 e. The fourth-order valence-corrected chi connectivity index (χ4v) is 8.73. The predicted octanol–water partition coefficient (Wildman–Crippen LogP) is 15.0. The second kappa shape index (κ2) is 49.6. The highest BCUT2D eigenvalue weighted by Crippen LogP contribution is 2.26. The normalized spacial score (nSPS) is 18.6. The summed E-state index contributed by atoms with van der Waals surface area (Å²) >= 11 is 0. The SMILES string of the molecule is CCC/C=C\C/C=C\CCCCCCCC(=O)OC1C(OCC(COC(=O)CCCCCCCCCCC/C=C\CCCCCCCC)OC(=O)CCCCCCC/C=C\CCCC)OC(C(=O)O)C(O)C1O. The van der Waals surface area contributed by atoms with Crippen LogP contribution in [0.2, 0.25) is 0 Å². The number of allylic oxidation sites excluding steroid dienone is 8. The van der Waals surface area contributed by atoms with E-state index >= 15 is 0 Å². The van der Waals surface area contributed by atoms with Crippen LogP contribution >= 0.6 is 0 Å². The number of rotatable bonds is 50. The number of carbonyl (C=O) groups is 4. The summed E-state index contributed by atoms with van der Waals surface area (Å²) in [4.78, 5) is 51.0. The van der Waals surface area contributed by atoms with Crippen LogP contribution in [-0.4, -0.2) is 89.2 Å². The molecule has 12 nitrogen and oxygen atoms in total. The molecular weight excluding hydrogens is 925 g/mol. The molecule has 6 unspecified atom stereocenters. The lowest BCUT2D eigenvalue weighted by atomic mass is 9.98. The molecule has 0 amide bonds. The van der Waals surface area contributed by atoms with E-state index in [0.717, 1.165) is 109 Å². The van der Waals surface area contributed by atoms with Crippen molar-refractivity contribution >= 4 is 23.9 Å². The van der Waals surface area contributed by atoms with Crippen molar-refractivity contribution in [1.82, 2.24) is 0 Å². The quantitative estimate of drug-likeness (QED) is 0.0228. The minimum Gasteiger partial charge on any atom is -0.479 e. The summed E-state index contributed by atoms with van der Waals surface area (Å²) < 4.78 is 28.4. The van der Waals surface area contributed by atoms with Crippen molar-refractivity contribution < 1.29 is 58.2 Å². The minimum atomic E-state index is -1.91.